The van der Waals surface area contributed by atoms with E-state index in [1.54, 1.807) is 50.2 Å². The van der Waals surface area contributed by atoms with Gasteiger partial charge in [0.1, 0.15) is 11.8 Å². The topological polar surface area (TPSA) is 125 Å². The van der Waals surface area contributed by atoms with Crippen LogP contribution in [0.4, 0.5) is 5.69 Å². The third-order valence-corrected chi connectivity index (χ3v) is 4.43. The average Bonchev–Trinajstić information content (AvgIpc) is 3.24. The number of nitrogens with zero attached hydrogens (tertiary/aromatic N) is 2. The molecule has 3 rings (SSSR count). The van der Waals surface area contributed by atoms with Gasteiger partial charge in [0.25, 0.3) is 11.8 Å². The summed E-state index contributed by atoms with van der Waals surface area (Å²) < 4.78 is 21.2. The molecule has 10 heteroatoms. The fourth-order valence-electron chi connectivity index (χ4n) is 2.84. The smallest absolute Gasteiger partial charge is 0.262 e. The molecule has 1 aromatic heterocycles. The van der Waals surface area contributed by atoms with Crippen LogP contribution in [0.1, 0.15) is 35.0 Å². The van der Waals surface area contributed by atoms with Gasteiger partial charge in [-0.2, -0.15) is 4.98 Å². The Morgan fingerprint density at radius 2 is 1.81 bits per heavy atom. The van der Waals surface area contributed by atoms with Crippen LogP contribution in [0.25, 0.3) is 0 Å². The Morgan fingerprint density at radius 3 is 2.50 bits per heavy atom. The van der Waals surface area contributed by atoms with Crippen molar-refractivity contribution >= 4 is 17.5 Å². The number of rotatable bonds is 9. The van der Waals surface area contributed by atoms with Crippen LogP contribution in [-0.2, 0) is 4.79 Å². The van der Waals surface area contributed by atoms with E-state index in [2.05, 4.69) is 20.8 Å². The summed E-state index contributed by atoms with van der Waals surface area (Å²) >= 11 is 0. The zero-order valence-corrected chi connectivity index (χ0v) is 18.2. The Labute approximate surface area is 184 Å². The number of aromatic nitrogens is 2. The molecule has 0 radical (unpaired) electrons. The first-order valence-electron chi connectivity index (χ1n) is 9.76. The maximum atomic E-state index is 12.6. The van der Waals surface area contributed by atoms with Gasteiger partial charge >= 0.3 is 0 Å². The SMILES string of the molecule is COc1ccccc1NC(=O)COc1ccc(C(=O)NC(C)c2nc(C)no2)cc1OC. The molecular formula is C22H24N4O6. The molecule has 0 aliphatic rings. The van der Waals surface area contributed by atoms with Gasteiger partial charge < -0.3 is 29.4 Å². The molecule has 2 amide bonds. The van der Waals surface area contributed by atoms with Gasteiger partial charge in [0.05, 0.1) is 19.9 Å². The molecule has 2 aromatic carbocycles. The van der Waals surface area contributed by atoms with Crippen molar-refractivity contribution in [3.8, 4) is 17.2 Å². The molecule has 0 aliphatic carbocycles. The van der Waals surface area contributed by atoms with Crippen LogP contribution >= 0.6 is 0 Å². The quantitative estimate of drug-likeness (QED) is 0.520. The van der Waals surface area contributed by atoms with E-state index in [0.717, 1.165) is 0 Å². The monoisotopic (exact) mass is 440 g/mol. The number of ether oxygens (including phenoxy) is 3. The van der Waals surface area contributed by atoms with Gasteiger partial charge in [0, 0.05) is 5.56 Å². The van der Waals surface area contributed by atoms with Gasteiger partial charge in [-0.25, -0.2) is 0 Å². The lowest BCUT2D eigenvalue weighted by Gasteiger charge is -2.14. The first kappa shape index (κ1) is 22.6. The number of carbonyl (C=O) groups excluding carboxylic acids is 2. The molecule has 10 nitrogen and oxygen atoms in total. The van der Waals surface area contributed by atoms with E-state index in [-0.39, 0.29) is 18.4 Å². The molecule has 0 saturated heterocycles. The fraction of sp³-hybridized carbons (Fsp3) is 0.273. The minimum Gasteiger partial charge on any atom is -0.495 e. The molecule has 0 fully saturated rings. The normalized spacial score (nSPS) is 11.4. The summed E-state index contributed by atoms with van der Waals surface area (Å²) in [6.45, 7) is 3.18. The van der Waals surface area contributed by atoms with Gasteiger partial charge in [0.2, 0.25) is 5.89 Å². The summed E-state index contributed by atoms with van der Waals surface area (Å²) in [5, 5.41) is 9.21. The van der Waals surface area contributed by atoms with E-state index >= 15 is 0 Å². The van der Waals surface area contributed by atoms with E-state index in [4.69, 9.17) is 18.7 Å². The van der Waals surface area contributed by atoms with Gasteiger partial charge in [-0.1, -0.05) is 17.3 Å². The van der Waals surface area contributed by atoms with Gasteiger partial charge in [-0.15, -0.1) is 0 Å². The van der Waals surface area contributed by atoms with Gasteiger partial charge in [-0.3, -0.25) is 9.59 Å². The lowest BCUT2D eigenvalue weighted by atomic mass is 10.1. The minimum atomic E-state index is -0.468. The summed E-state index contributed by atoms with van der Waals surface area (Å²) in [6.07, 6.45) is 0. The van der Waals surface area contributed by atoms with Crippen molar-refractivity contribution in [2.24, 2.45) is 0 Å². The first-order valence-corrected chi connectivity index (χ1v) is 9.76. The molecule has 32 heavy (non-hydrogen) atoms. The largest absolute Gasteiger partial charge is 0.495 e. The second-order valence-corrected chi connectivity index (χ2v) is 6.78. The molecule has 2 N–H and O–H groups in total. The molecule has 1 atom stereocenters. The van der Waals surface area contributed by atoms with Crippen LogP contribution in [0.5, 0.6) is 17.2 Å². The number of hydrogen-bond donors (Lipinski definition) is 2. The highest BCUT2D eigenvalue weighted by Crippen LogP contribution is 2.29. The van der Waals surface area contributed by atoms with Crippen LogP contribution in [0.2, 0.25) is 0 Å². The number of methoxy groups -OCH3 is 2. The predicted molar refractivity (Wildman–Crippen MR) is 115 cm³/mol. The van der Waals surface area contributed by atoms with E-state index in [9.17, 15) is 9.59 Å². The predicted octanol–water partition coefficient (Wildman–Crippen LogP) is 2.90. The number of nitrogens with one attached hydrogen (secondary N) is 2. The zero-order valence-electron chi connectivity index (χ0n) is 18.2. The number of hydrogen-bond acceptors (Lipinski definition) is 8. The molecule has 168 valence electrons. The van der Waals surface area contributed by atoms with Crippen molar-refractivity contribution < 1.29 is 28.3 Å². The van der Waals surface area contributed by atoms with Gasteiger partial charge in [-0.05, 0) is 44.2 Å². The number of carbonyl (C=O) groups is 2. The average molecular weight is 440 g/mol. The maximum absolute atomic E-state index is 12.6. The van der Waals surface area contributed by atoms with Crippen LogP contribution in [0.15, 0.2) is 47.0 Å². The Bertz CT molecular complexity index is 1100. The summed E-state index contributed by atoms with van der Waals surface area (Å²) in [5.41, 5.74) is 0.879. The molecule has 0 bridgehead atoms. The third kappa shape index (κ3) is 5.54. The van der Waals surface area contributed by atoms with Crippen LogP contribution < -0.4 is 24.8 Å². The Morgan fingerprint density at radius 1 is 1.06 bits per heavy atom. The zero-order chi connectivity index (χ0) is 23.1. The van der Waals surface area contributed by atoms with E-state index in [0.29, 0.717) is 40.2 Å². The molecule has 0 spiro atoms. The summed E-state index contributed by atoms with van der Waals surface area (Å²) in [7, 11) is 2.97. The van der Waals surface area contributed by atoms with Crippen molar-refractivity contribution in [1.82, 2.24) is 15.5 Å². The van der Waals surface area contributed by atoms with E-state index in [1.807, 2.05) is 0 Å². The Kier molecular flexibility index (Phi) is 7.27. The number of benzene rings is 2. The first-order chi connectivity index (χ1) is 15.4. The van der Waals surface area contributed by atoms with Crippen molar-refractivity contribution in [3.05, 3.63) is 59.7 Å². The Balaban J connectivity index is 1.62. The standard InChI is InChI=1S/C22H24N4O6/c1-13(22-24-14(2)26-32-22)23-21(28)15-9-10-18(19(11-15)30-4)31-12-20(27)25-16-7-5-6-8-17(16)29-3/h5-11,13H,12H2,1-4H3,(H,23,28)(H,25,27). The molecule has 1 heterocycles. The fourth-order valence-corrected chi connectivity index (χ4v) is 2.84. The second kappa shape index (κ2) is 10.3. The molecule has 1 unspecified atom stereocenters. The van der Waals surface area contributed by atoms with E-state index in [1.165, 1.54) is 20.3 Å². The lowest BCUT2D eigenvalue weighted by molar-refractivity contribution is -0.118. The molecule has 0 aliphatic heterocycles. The number of para-hydroxylation sites is 2. The van der Waals surface area contributed by atoms with Crippen LogP contribution in [0, 0.1) is 6.92 Å². The van der Waals surface area contributed by atoms with Crippen molar-refractivity contribution in [3.63, 3.8) is 0 Å². The highest BCUT2D eigenvalue weighted by Gasteiger charge is 2.18. The summed E-state index contributed by atoms with van der Waals surface area (Å²) in [6, 6.07) is 11.2. The second-order valence-electron chi connectivity index (χ2n) is 6.78. The number of anilines is 1. The van der Waals surface area contributed by atoms with Gasteiger partial charge in [0.15, 0.2) is 23.9 Å². The summed E-state index contributed by atoms with van der Waals surface area (Å²) in [4.78, 5) is 28.9. The molecule has 0 saturated carbocycles. The van der Waals surface area contributed by atoms with Crippen LogP contribution in [-0.4, -0.2) is 42.8 Å². The minimum absolute atomic E-state index is 0.256. The highest BCUT2D eigenvalue weighted by atomic mass is 16.5. The highest BCUT2D eigenvalue weighted by molar-refractivity contribution is 5.95. The van der Waals surface area contributed by atoms with Crippen molar-refractivity contribution in [2.75, 3.05) is 26.1 Å². The number of amides is 2. The van der Waals surface area contributed by atoms with Crippen molar-refractivity contribution in [2.45, 2.75) is 19.9 Å². The Hall–Kier alpha value is -4.08. The summed E-state index contributed by atoms with van der Waals surface area (Å²) in [5.74, 6) is 1.24. The molecule has 3 aromatic rings. The van der Waals surface area contributed by atoms with E-state index < -0.39 is 6.04 Å². The third-order valence-electron chi connectivity index (χ3n) is 4.43. The van der Waals surface area contributed by atoms with Crippen LogP contribution in [0.3, 0.4) is 0 Å². The van der Waals surface area contributed by atoms with Crippen molar-refractivity contribution in [1.29, 1.82) is 0 Å². The maximum Gasteiger partial charge on any atom is 0.262 e. The molecular weight excluding hydrogens is 416 g/mol. The number of aryl methyl sites for hydroxylation is 1. The lowest BCUT2D eigenvalue weighted by Crippen LogP contribution is -2.27.